The zero-order valence-corrected chi connectivity index (χ0v) is 9.22. The molecule has 79 valence electrons. The summed E-state index contributed by atoms with van der Waals surface area (Å²) in [5.74, 6) is 0. The Kier molecular flexibility index (Phi) is 10.7. The summed E-state index contributed by atoms with van der Waals surface area (Å²) in [4.78, 5) is 0. The van der Waals surface area contributed by atoms with Crippen molar-refractivity contribution >= 4 is 0 Å². The van der Waals surface area contributed by atoms with Gasteiger partial charge in [-0.1, -0.05) is 0 Å². The molecule has 0 saturated carbocycles. The predicted molar refractivity (Wildman–Crippen MR) is 51.5 cm³/mol. The molecule has 1 aliphatic rings. The smallest absolute Gasteiger partial charge is 0.00772 e. The molecule has 0 bridgehead atoms. The fourth-order valence-corrected chi connectivity index (χ4v) is 1.21. The topological polar surface area (TPSA) is 48.1 Å². The summed E-state index contributed by atoms with van der Waals surface area (Å²) >= 11 is 0. The van der Waals surface area contributed by atoms with Crippen LogP contribution in [0.4, 0.5) is 0 Å². The van der Waals surface area contributed by atoms with Gasteiger partial charge < -0.3 is 21.3 Å². The van der Waals surface area contributed by atoms with E-state index in [1.54, 1.807) is 0 Å². The van der Waals surface area contributed by atoms with Crippen molar-refractivity contribution in [3.8, 4) is 0 Å². The Morgan fingerprint density at radius 3 is 0.692 bits per heavy atom. The number of hydrogen-bond acceptors (Lipinski definition) is 4. The number of nitrogens with one attached hydrogen (secondary N) is 4. The van der Waals surface area contributed by atoms with E-state index in [2.05, 4.69) is 21.3 Å². The SMILES string of the molecule is C1CNCCNCCNCCN1.[Mn]. The first-order valence-corrected chi connectivity index (χ1v) is 4.83. The van der Waals surface area contributed by atoms with Gasteiger partial charge in [-0.2, -0.15) is 0 Å². The van der Waals surface area contributed by atoms with Crippen LogP contribution in [0.1, 0.15) is 0 Å². The second kappa shape index (κ2) is 10.4. The van der Waals surface area contributed by atoms with E-state index in [9.17, 15) is 0 Å². The molecule has 1 fully saturated rings. The average Bonchev–Trinajstić information content (AvgIpc) is 2.05. The van der Waals surface area contributed by atoms with Gasteiger partial charge in [-0.25, -0.2) is 0 Å². The summed E-state index contributed by atoms with van der Waals surface area (Å²) in [6.45, 7) is 8.57. The molecule has 4 N–H and O–H groups in total. The first kappa shape index (κ1) is 13.4. The van der Waals surface area contributed by atoms with Crippen molar-refractivity contribution in [2.75, 3.05) is 52.4 Å². The van der Waals surface area contributed by atoms with Crippen LogP contribution in [0.2, 0.25) is 0 Å². The third-order valence-corrected chi connectivity index (χ3v) is 1.91. The maximum atomic E-state index is 3.36. The van der Waals surface area contributed by atoms with E-state index in [1.165, 1.54) is 0 Å². The molecule has 1 heterocycles. The summed E-state index contributed by atoms with van der Waals surface area (Å²) in [7, 11) is 0. The largest absolute Gasteiger partial charge is 0.314 e. The van der Waals surface area contributed by atoms with Crippen molar-refractivity contribution in [2.24, 2.45) is 0 Å². The van der Waals surface area contributed by atoms with Crippen molar-refractivity contribution in [1.29, 1.82) is 0 Å². The molecule has 1 aliphatic heterocycles. The Labute approximate surface area is 91.1 Å². The first-order chi connectivity index (χ1) is 6.00. The zero-order valence-electron chi connectivity index (χ0n) is 8.03. The molecule has 13 heavy (non-hydrogen) atoms. The second-order valence-electron chi connectivity index (χ2n) is 3.00. The van der Waals surface area contributed by atoms with E-state index in [0.29, 0.717) is 0 Å². The number of rotatable bonds is 0. The van der Waals surface area contributed by atoms with E-state index in [0.717, 1.165) is 52.4 Å². The summed E-state index contributed by atoms with van der Waals surface area (Å²) < 4.78 is 0. The molecule has 0 aromatic heterocycles. The van der Waals surface area contributed by atoms with E-state index in [-0.39, 0.29) is 17.1 Å². The van der Waals surface area contributed by atoms with E-state index in [1.807, 2.05) is 0 Å². The van der Waals surface area contributed by atoms with Gasteiger partial charge in [0.15, 0.2) is 0 Å². The minimum atomic E-state index is 0. The molecule has 5 heteroatoms. The third kappa shape index (κ3) is 8.68. The molecule has 4 nitrogen and oxygen atoms in total. The fourth-order valence-electron chi connectivity index (χ4n) is 1.21. The van der Waals surface area contributed by atoms with Gasteiger partial charge in [0, 0.05) is 69.4 Å². The van der Waals surface area contributed by atoms with Crippen LogP contribution in [-0.4, -0.2) is 52.4 Å². The molecule has 0 atom stereocenters. The summed E-state index contributed by atoms with van der Waals surface area (Å²) in [6.07, 6.45) is 0. The molecule has 0 aromatic carbocycles. The Bertz CT molecular complexity index is 59.1. The van der Waals surface area contributed by atoms with Crippen molar-refractivity contribution in [2.45, 2.75) is 0 Å². The maximum absolute atomic E-state index is 3.36. The molecule has 0 aliphatic carbocycles. The van der Waals surface area contributed by atoms with Crippen molar-refractivity contribution in [1.82, 2.24) is 21.3 Å². The second-order valence-corrected chi connectivity index (χ2v) is 3.00. The summed E-state index contributed by atoms with van der Waals surface area (Å²) in [5, 5.41) is 13.4. The van der Waals surface area contributed by atoms with Crippen LogP contribution in [0.25, 0.3) is 0 Å². The maximum Gasteiger partial charge on any atom is 0.00772 e. The van der Waals surface area contributed by atoms with Crippen molar-refractivity contribution in [3.63, 3.8) is 0 Å². The van der Waals surface area contributed by atoms with Gasteiger partial charge in [0.25, 0.3) is 0 Å². The Morgan fingerprint density at radius 2 is 0.538 bits per heavy atom. The van der Waals surface area contributed by atoms with Gasteiger partial charge in [-0.15, -0.1) is 0 Å². The van der Waals surface area contributed by atoms with Gasteiger partial charge in [-0.05, 0) is 0 Å². The van der Waals surface area contributed by atoms with Gasteiger partial charge in [0.2, 0.25) is 0 Å². The fraction of sp³-hybridized carbons (Fsp3) is 1.00. The summed E-state index contributed by atoms with van der Waals surface area (Å²) in [5.41, 5.74) is 0. The number of hydrogen-bond donors (Lipinski definition) is 4. The molecule has 0 spiro atoms. The average molecular weight is 227 g/mol. The van der Waals surface area contributed by atoms with Crippen LogP contribution in [-0.2, 0) is 17.1 Å². The molecule has 0 unspecified atom stereocenters. The minimum Gasteiger partial charge on any atom is -0.314 e. The summed E-state index contributed by atoms with van der Waals surface area (Å²) in [6, 6.07) is 0. The predicted octanol–water partition coefficient (Wildman–Crippen LogP) is -1.64. The molecule has 1 rings (SSSR count). The van der Waals surface area contributed by atoms with E-state index in [4.69, 9.17) is 0 Å². The standard InChI is InChI=1S/C8H20N4.Mn/c1-2-10-5-6-12-8-7-11-4-3-9-1;/h9-12H,1-8H2;. The van der Waals surface area contributed by atoms with Gasteiger partial charge in [0.1, 0.15) is 0 Å². The van der Waals surface area contributed by atoms with Crippen LogP contribution in [0.15, 0.2) is 0 Å². The quantitative estimate of drug-likeness (QED) is 0.375. The molecular formula is C8H20MnN4. The van der Waals surface area contributed by atoms with E-state index >= 15 is 0 Å². The minimum absolute atomic E-state index is 0. The van der Waals surface area contributed by atoms with Crippen LogP contribution >= 0.6 is 0 Å². The Hall–Kier alpha value is 0.359. The van der Waals surface area contributed by atoms with Crippen LogP contribution in [0.3, 0.4) is 0 Å². The normalized spacial score (nSPS) is 22.2. The van der Waals surface area contributed by atoms with Crippen molar-refractivity contribution < 1.29 is 17.1 Å². The Morgan fingerprint density at radius 1 is 0.385 bits per heavy atom. The van der Waals surface area contributed by atoms with Gasteiger partial charge in [0.05, 0.1) is 0 Å². The van der Waals surface area contributed by atoms with Gasteiger partial charge >= 0.3 is 0 Å². The molecule has 1 saturated heterocycles. The van der Waals surface area contributed by atoms with E-state index < -0.39 is 0 Å². The first-order valence-electron chi connectivity index (χ1n) is 4.83. The molecule has 0 amide bonds. The van der Waals surface area contributed by atoms with Crippen LogP contribution in [0.5, 0.6) is 0 Å². The molecular weight excluding hydrogens is 207 g/mol. The third-order valence-electron chi connectivity index (χ3n) is 1.91. The van der Waals surface area contributed by atoms with Gasteiger partial charge in [-0.3, -0.25) is 0 Å². The molecule has 0 aromatic rings. The zero-order chi connectivity index (χ0) is 8.49. The van der Waals surface area contributed by atoms with Crippen LogP contribution < -0.4 is 21.3 Å². The van der Waals surface area contributed by atoms with Crippen LogP contribution in [0, 0.1) is 0 Å². The molecule has 1 radical (unpaired) electrons. The monoisotopic (exact) mass is 227 g/mol. The Balaban J connectivity index is 0.00000144. The van der Waals surface area contributed by atoms with Crippen molar-refractivity contribution in [3.05, 3.63) is 0 Å².